The lowest BCUT2D eigenvalue weighted by Gasteiger charge is -2.24. The minimum absolute atomic E-state index is 0.0565. The zero-order valence-electron chi connectivity index (χ0n) is 28.7. The second-order valence-corrected chi connectivity index (χ2v) is 12.5. The van der Waals surface area contributed by atoms with E-state index in [1.165, 1.54) is 5.56 Å². The maximum Gasteiger partial charge on any atom is 0.243 e. The van der Waals surface area contributed by atoms with Gasteiger partial charge in [-0.1, -0.05) is 79.7 Å². The molecule has 0 spiro atoms. The second kappa shape index (κ2) is 17.6. The molecule has 2 heterocycles. The first-order valence-corrected chi connectivity index (χ1v) is 17.1. The summed E-state index contributed by atoms with van der Waals surface area (Å²) in [5, 5.41) is 9.57. The Morgan fingerprint density at radius 2 is 1.57 bits per heavy atom. The normalized spacial score (nSPS) is 12.8. The van der Waals surface area contributed by atoms with Crippen molar-refractivity contribution < 1.29 is 14.4 Å². The van der Waals surface area contributed by atoms with Gasteiger partial charge in [0.25, 0.3) is 0 Å². The second-order valence-electron chi connectivity index (χ2n) is 12.5. The van der Waals surface area contributed by atoms with Gasteiger partial charge < -0.3 is 43.1 Å². The third-order valence-electron chi connectivity index (χ3n) is 8.66. The molecule has 0 saturated carbocycles. The molecule has 51 heavy (non-hydrogen) atoms. The summed E-state index contributed by atoms with van der Waals surface area (Å²) in [6.07, 6.45) is 5.43. The molecule has 0 radical (unpaired) electrons. The van der Waals surface area contributed by atoms with Gasteiger partial charge in [-0.05, 0) is 42.0 Å². The van der Waals surface area contributed by atoms with Crippen molar-refractivity contribution in [1.29, 1.82) is 0 Å². The van der Waals surface area contributed by atoms with Crippen molar-refractivity contribution in [2.45, 2.75) is 63.7 Å². The number of fused-ring (bicyclic) bond motifs is 1. The Hall–Kier alpha value is -5.95. The number of aliphatic imine (C=N–C) groups is 1. The Bertz CT molecular complexity index is 1930. The van der Waals surface area contributed by atoms with Crippen LogP contribution in [0.25, 0.3) is 22.3 Å². The fourth-order valence-electron chi connectivity index (χ4n) is 5.80. The quantitative estimate of drug-likeness (QED) is 0.0413. The maximum atomic E-state index is 14.0. The van der Waals surface area contributed by atoms with Crippen LogP contribution in [-0.4, -0.2) is 63.3 Å². The number of para-hydroxylation sites is 1. The van der Waals surface area contributed by atoms with Gasteiger partial charge in [-0.25, -0.2) is 4.98 Å². The topological polar surface area (TPSA) is 222 Å². The molecule has 0 fully saturated rings. The Morgan fingerprint density at radius 3 is 2.31 bits per heavy atom. The first-order chi connectivity index (χ1) is 24.7. The van der Waals surface area contributed by atoms with Crippen LogP contribution in [0.15, 0.2) is 96.2 Å². The minimum Gasteiger partial charge on any atom is -0.370 e. The Kier molecular flexibility index (Phi) is 12.6. The van der Waals surface area contributed by atoms with E-state index in [9.17, 15) is 14.4 Å². The van der Waals surface area contributed by atoms with Gasteiger partial charge in [0.05, 0.1) is 6.04 Å². The number of carbonyl (C=O) groups is 3. The molecular weight excluding hydrogens is 644 g/mol. The van der Waals surface area contributed by atoms with Gasteiger partial charge in [0.1, 0.15) is 17.9 Å². The fraction of sp³-hybridized carbons (Fsp3) is 0.289. The molecule has 5 rings (SSSR count). The van der Waals surface area contributed by atoms with Crippen LogP contribution in [0.4, 0.5) is 0 Å². The minimum atomic E-state index is -1.04. The maximum absolute atomic E-state index is 14.0. The molecule has 2 aromatic heterocycles. The summed E-state index contributed by atoms with van der Waals surface area (Å²) >= 11 is 0. The molecule has 0 unspecified atom stereocenters. The summed E-state index contributed by atoms with van der Waals surface area (Å²) in [6, 6.07) is 22.3. The third kappa shape index (κ3) is 10.3. The summed E-state index contributed by atoms with van der Waals surface area (Å²) < 4.78 is 0. The highest BCUT2D eigenvalue weighted by Gasteiger charge is 2.29. The van der Waals surface area contributed by atoms with Crippen LogP contribution in [0, 0.1) is 0 Å². The number of aromatic amines is 2. The van der Waals surface area contributed by atoms with Crippen molar-refractivity contribution in [3.63, 3.8) is 0 Å². The molecule has 3 atom stereocenters. The molecule has 0 aliphatic rings. The number of aromatic nitrogens is 3. The van der Waals surface area contributed by atoms with Gasteiger partial charge in [-0.15, -0.1) is 0 Å². The van der Waals surface area contributed by atoms with E-state index >= 15 is 0 Å². The van der Waals surface area contributed by atoms with Crippen LogP contribution < -0.4 is 33.2 Å². The monoisotopic (exact) mass is 690 g/mol. The number of nitrogens with one attached hydrogen (secondary N) is 5. The predicted octanol–water partition coefficient (Wildman–Crippen LogP) is 2.57. The Labute approximate surface area is 296 Å². The van der Waals surface area contributed by atoms with Gasteiger partial charge in [0.15, 0.2) is 5.96 Å². The van der Waals surface area contributed by atoms with E-state index in [0.717, 1.165) is 34.0 Å². The molecule has 13 heteroatoms. The summed E-state index contributed by atoms with van der Waals surface area (Å²) in [4.78, 5) is 56.0. The van der Waals surface area contributed by atoms with E-state index < -0.39 is 29.9 Å². The van der Waals surface area contributed by atoms with Crippen LogP contribution >= 0.6 is 0 Å². The molecule has 3 aromatic carbocycles. The number of guanidine groups is 1. The number of benzene rings is 3. The fourth-order valence-corrected chi connectivity index (χ4v) is 5.80. The molecule has 5 aromatic rings. The van der Waals surface area contributed by atoms with E-state index in [-0.39, 0.29) is 44.2 Å². The standard InChI is InChI=1S/C38H46N10O3/c1-2-24-14-16-26(17-15-24)34-44-23-28(46-34)20-30(39)35(49)48-33(19-27-22-43-31-12-7-6-11-29(27)31)37(51)47-32(13-8-18-42-38(40)41)36(50)45-21-25-9-4-3-5-10-25/h3-7,9-12,14-17,22-23,30,32-33,43H,2,8,13,18-21,39H2,1H3,(H,44,46)(H,45,50)(H,47,51)(H,48,49)(H4,40,41,42)/t30-,32-,33-/m0/s1. The average molecular weight is 691 g/mol. The number of carbonyl (C=O) groups excluding carboxylic acids is 3. The third-order valence-corrected chi connectivity index (χ3v) is 8.66. The number of rotatable bonds is 17. The zero-order chi connectivity index (χ0) is 36.2. The molecule has 13 nitrogen and oxygen atoms in total. The van der Waals surface area contributed by atoms with E-state index in [2.05, 4.69) is 55.0 Å². The highest BCUT2D eigenvalue weighted by Crippen LogP contribution is 2.20. The van der Waals surface area contributed by atoms with E-state index in [0.29, 0.717) is 17.9 Å². The number of hydrogen-bond acceptors (Lipinski definition) is 6. The summed E-state index contributed by atoms with van der Waals surface area (Å²) in [7, 11) is 0. The molecule has 0 bridgehead atoms. The van der Waals surface area contributed by atoms with Gasteiger partial charge in [0.2, 0.25) is 17.7 Å². The summed E-state index contributed by atoms with van der Waals surface area (Å²) in [5.41, 5.74) is 22.8. The number of imidazole rings is 1. The number of amides is 3. The largest absolute Gasteiger partial charge is 0.370 e. The van der Waals surface area contributed by atoms with Crippen LogP contribution in [0.1, 0.15) is 42.1 Å². The number of nitrogens with zero attached hydrogens (tertiary/aromatic N) is 2. The molecule has 0 saturated heterocycles. The predicted molar refractivity (Wildman–Crippen MR) is 199 cm³/mol. The van der Waals surface area contributed by atoms with Crippen molar-refractivity contribution in [2.24, 2.45) is 22.2 Å². The lowest BCUT2D eigenvalue weighted by molar-refractivity contribution is -0.132. The van der Waals surface area contributed by atoms with Crippen LogP contribution in [-0.2, 0) is 40.2 Å². The highest BCUT2D eigenvalue weighted by molar-refractivity contribution is 5.94. The lowest BCUT2D eigenvalue weighted by Crippen LogP contribution is -2.56. The Morgan fingerprint density at radius 1 is 0.843 bits per heavy atom. The molecule has 0 aliphatic heterocycles. The molecule has 11 N–H and O–H groups in total. The van der Waals surface area contributed by atoms with Crippen molar-refractivity contribution >= 4 is 34.6 Å². The molecule has 0 aliphatic carbocycles. The SMILES string of the molecule is CCc1ccc(-c2ncc(C[C@H](N)C(=O)N[C@@H](Cc3c[nH]c4ccccc34)C(=O)N[C@@H](CCCN=C(N)N)C(=O)NCc3ccccc3)[nH]2)cc1. The number of hydrogen-bond donors (Lipinski definition) is 8. The van der Waals surface area contributed by atoms with Crippen molar-refractivity contribution in [2.75, 3.05) is 6.54 Å². The number of aryl methyl sites for hydroxylation is 1. The summed E-state index contributed by atoms with van der Waals surface area (Å²) in [5.74, 6) is -0.796. The molecule has 266 valence electrons. The first kappa shape index (κ1) is 36.3. The first-order valence-electron chi connectivity index (χ1n) is 17.1. The van der Waals surface area contributed by atoms with E-state index in [1.807, 2.05) is 72.9 Å². The molecule has 3 amide bonds. The smallest absolute Gasteiger partial charge is 0.243 e. The van der Waals surface area contributed by atoms with E-state index in [4.69, 9.17) is 17.2 Å². The van der Waals surface area contributed by atoms with Crippen molar-refractivity contribution in [1.82, 2.24) is 30.9 Å². The van der Waals surface area contributed by atoms with Crippen LogP contribution in [0.2, 0.25) is 0 Å². The number of nitrogens with two attached hydrogens (primary N) is 3. The van der Waals surface area contributed by atoms with Crippen LogP contribution in [0.5, 0.6) is 0 Å². The highest BCUT2D eigenvalue weighted by atomic mass is 16.2. The van der Waals surface area contributed by atoms with Gasteiger partial charge in [0, 0.05) is 60.5 Å². The average Bonchev–Trinajstić information content (AvgIpc) is 3.79. The number of H-pyrrole nitrogens is 2. The van der Waals surface area contributed by atoms with Gasteiger partial charge >= 0.3 is 0 Å². The van der Waals surface area contributed by atoms with Crippen LogP contribution in [0.3, 0.4) is 0 Å². The lowest BCUT2D eigenvalue weighted by atomic mass is 10.0. The van der Waals surface area contributed by atoms with Gasteiger partial charge in [-0.2, -0.15) is 0 Å². The van der Waals surface area contributed by atoms with E-state index in [1.54, 1.807) is 6.20 Å². The molecular formula is C38H46N10O3. The van der Waals surface area contributed by atoms with Crippen molar-refractivity contribution in [3.8, 4) is 11.4 Å². The van der Waals surface area contributed by atoms with Gasteiger partial charge in [-0.3, -0.25) is 19.4 Å². The van der Waals surface area contributed by atoms with Crippen molar-refractivity contribution in [3.05, 3.63) is 114 Å². The Balaban J connectivity index is 1.31. The zero-order valence-corrected chi connectivity index (χ0v) is 28.7. The summed E-state index contributed by atoms with van der Waals surface area (Å²) in [6.45, 7) is 2.66.